The van der Waals surface area contributed by atoms with E-state index in [2.05, 4.69) is 11.8 Å². The van der Waals surface area contributed by atoms with Gasteiger partial charge in [0.15, 0.2) is 0 Å². The first-order valence-corrected chi connectivity index (χ1v) is 4.16. The van der Waals surface area contributed by atoms with Gasteiger partial charge in [-0.15, -0.1) is 0 Å². The molecule has 0 aromatic carbocycles. The van der Waals surface area contributed by atoms with Gasteiger partial charge < -0.3 is 4.74 Å². The van der Waals surface area contributed by atoms with Gasteiger partial charge in [-0.2, -0.15) is 0 Å². The number of morpholine rings is 1. The standard InChI is InChI=1S/C8H13NO/c1-8-2-6-4-10-5-7(3-8)9(6)8/h6-7H,2-5H2,1H3. The summed E-state index contributed by atoms with van der Waals surface area (Å²) in [4.78, 5) is 2.65. The van der Waals surface area contributed by atoms with Crippen LogP contribution in [0.25, 0.3) is 0 Å². The zero-order chi connectivity index (χ0) is 6.77. The lowest BCUT2D eigenvalue weighted by Gasteiger charge is -2.71. The van der Waals surface area contributed by atoms with Crippen molar-refractivity contribution < 1.29 is 4.74 Å². The average molecular weight is 139 g/mol. The van der Waals surface area contributed by atoms with Gasteiger partial charge in [0.25, 0.3) is 0 Å². The summed E-state index contributed by atoms with van der Waals surface area (Å²) in [6.07, 6.45) is 2.76. The van der Waals surface area contributed by atoms with Crippen LogP contribution in [0, 0.1) is 0 Å². The van der Waals surface area contributed by atoms with E-state index in [1.807, 2.05) is 0 Å². The van der Waals surface area contributed by atoms with Crippen molar-refractivity contribution in [3.63, 3.8) is 0 Å². The van der Waals surface area contributed by atoms with Crippen LogP contribution in [0.2, 0.25) is 0 Å². The third-order valence-corrected chi connectivity index (χ3v) is 3.38. The molecule has 0 saturated carbocycles. The smallest absolute Gasteiger partial charge is 0.0623 e. The number of hydrogen-bond acceptors (Lipinski definition) is 2. The third kappa shape index (κ3) is 0.424. The number of rotatable bonds is 0. The number of nitrogens with zero attached hydrogens (tertiary/aromatic N) is 1. The van der Waals surface area contributed by atoms with Crippen LogP contribution in [-0.4, -0.2) is 35.7 Å². The van der Waals surface area contributed by atoms with Gasteiger partial charge in [-0.25, -0.2) is 0 Å². The number of ether oxygens (including phenoxy) is 1. The first-order chi connectivity index (χ1) is 4.80. The summed E-state index contributed by atoms with van der Waals surface area (Å²) in [6, 6.07) is 1.58. The predicted molar refractivity (Wildman–Crippen MR) is 37.9 cm³/mol. The molecule has 0 amide bonds. The molecule has 3 fully saturated rings. The summed E-state index contributed by atoms with van der Waals surface area (Å²) < 4.78 is 5.46. The molecule has 0 N–H and O–H groups in total. The van der Waals surface area contributed by atoms with E-state index in [4.69, 9.17) is 4.74 Å². The summed E-state index contributed by atoms with van der Waals surface area (Å²) in [5.41, 5.74) is 0.610. The van der Waals surface area contributed by atoms with E-state index in [1.165, 1.54) is 12.8 Å². The van der Waals surface area contributed by atoms with Crippen molar-refractivity contribution in [1.29, 1.82) is 0 Å². The zero-order valence-corrected chi connectivity index (χ0v) is 6.34. The molecular formula is C8H13NO. The van der Waals surface area contributed by atoms with Crippen molar-refractivity contribution in [1.82, 2.24) is 4.90 Å². The number of piperidine rings is 1. The van der Waals surface area contributed by atoms with Crippen LogP contribution < -0.4 is 0 Å². The Morgan fingerprint density at radius 1 is 1.30 bits per heavy atom. The maximum absolute atomic E-state index is 5.46. The first-order valence-electron chi connectivity index (χ1n) is 4.16. The van der Waals surface area contributed by atoms with Crippen LogP contribution in [0.4, 0.5) is 0 Å². The average Bonchev–Trinajstić information content (AvgIpc) is 1.82. The fourth-order valence-corrected chi connectivity index (χ4v) is 3.08. The molecule has 0 spiro atoms. The molecule has 2 unspecified atom stereocenters. The molecule has 3 saturated heterocycles. The minimum atomic E-state index is 0.610. The van der Waals surface area contributed by atoms with E-state index < -0.39 is 0 Å². The normalized spacial score (nSPS) is 58.5. The molecule has 2 heteroatoms. The van der Waals surface area contributed by atoms with Crippen LogP contribution in [0.3, 0.4) is 0 Å². The van der Waals surface area contributed by atoms with Crippen LogP contribution >= 0.6 is 0 Å². The second-order valence-corrected chi connectivity index (χ2v) is 4.16. The number of hydrogen-bond donors (Lipinski definition) is 0. The Bertz CT molecular complexity index is 166. The highest BCUT2D eigenvalue weighted by molar-refractivity contribution is 5.16. The van der Waals surface area contributed by atoms with Crippen molar-refractivity contribution >= 4 is 0 Å². The Labute approximate surface area is 61.1 Å². The molecule has 0 aromatic rings. The van der Waals surface area contributed by atoms with Gasteiger partial charge in [0.2, 0.25) is 0 Å². The zero-order valence-electron chi connectivity index (χ0n) is 6.34. The lowest BCUT2D eigenvalue weighted by atomic mass is 9.65. The Kier molecular flexibility index (Phi) is 0.783. The Balaban J connectivity index is 1.86. The summed E-state index contributed by atoms with van der Waals surface area (Å²) in [5.74, 6) is 0. The summed E-state index contributed by atoms with van der Waals surface area (Å²) >= 11 is 0. The molecular weight excluding hydrogens is 126 g/mol. The molecule has 3 rings (SSSR count). The molecule has 10 heavy (non-hydrogen) atoms. The van der Waals surface area contributed by atoms with Crippen LogP contribution in [0.5, 0.6) is 0 Å². The van der Waals surface area contributed by atoms with Crippen LogP contribution in [-0.2, 0) is 4.74 Å². The van der Waals surface area contributed by atoms with Gasteiger partial charge in [-0.1, -0.05) is 0 Å². The summed E-state index contributed by atoms with van der Waals surface area (Å²) in [7, 11) is 0. The van der Waals surface area contributed by atoms with E-state index in [0.717, 1.165) is 25.3 Å². The van der Waals surface area contributed by atoms with E-state index in [1.54, 1.807) is 0 Å². The van der Waals surface area contributed by atoms with Crippen molar-refractivity contribution in [3.05, 3.63) is 0 Å². The Morgan fingerprint density at radius 2 is 1.90 bits per heavy atom. The quantitative estimate of drug-likeness (QED) is 0.488. The van der Waals surface area contributed by atoms with Crippen molar-refractivity contribution in [2.75, 3.05) is 13.2 Å². The van der Waals surface area contributed by atoms with E-state index in [-0.39, 0.29) is 0 Å². The molecule has 56 valence electrons. The highest BCUT2D eigenvalue weighted by atomic mass is 16.5. The second kappa shape index (κ2) is 1.41. The van der Waals surface area contributed by atoms with Gasteiger partial charge in [0, 0.05) is 17.6 Å². The lowest BCUT2D eigenvalue weighted by molar-refractivity contribution is -0.250. The largest absolute Gasteiger partial charge is 0.378 e. The highest BCUT2D eigenvalue weighted by Gasteiger charge is 2.61. The van der Waals surface area contributed by atoms with Gasteiger partial charge in [0.1, 0.15) is 0 Å². The minimum absolute atomic E-state index is 0.610. The van der Waals surface area contributed by atoms with Crippen molar-refractivity contribution in [3.8, 4) is 0 Å². The monoisotopic (exact) mass is 139 g/mol. The molecule has 2 atom stereocenters. The molecule has 2 nitrogen and oxygen atoms in total. The van der Waals surface area contributed by atoms with Gasteiger partial charge >= 0.3 is 0 Å². The van der Waals surface area contributed by atoms with Crippen LogP contribution in [0.15, 0.2) is 0 Å². The molecule has 3 aliphatic heterocycles. The topological polar surface area (TPSA) is 12.5 Å². The molecule has 3 heterocycles. The maximum atomic E-state index is 5.46. The fourth-order valence-electron chi connectivity index (χ4n) is 3.08. The van der Waals surface area contributed by atoms with Gasteiger partial charge in [-0.3, -0.25) is 4.90 Å². The van der Waals surface area contributed by atoms with Gasteiger partial charge in [-0.05, 0) is 19.8 Å². The first kappa shape index (κ1) is 5.56. The minimum Gasteiger partial charge on any atom is -0.378 e. The fraction of sp³-hybridized carbons (Fsp3) is 1.00. The van der Waals surface area contributed by atoms with Crippen molar-refractivity contribution in [2.45, 2.75) is 37.4 Å². The van der Waals surface area contributed by atoms with E-state index in [9.17, 15) is 0 Å². The SMILES string of the molecule is CC12CC3COCC(C1)N32. The molecule has 3 aliphatic rings. The molecule has 0 aromatic heterocycles. The second-order valence-electron chi connectivity index (χ2n) is 4.16. The predicted octanol–water partition coefficient (Wildman–Crippen LogP) is 0.622. The highest BCUT2D eigenvalue weighted by Crippen LogP contribution is 2.52. The van der Waals surface area contributed by atoms with Crippen molar-refractivity contribution in [2.24, 2.45) is 0 Å². The third-order valence-electron chi connectivity index (χ3n) is 3.38. The summed E-state index contributed by atoms with van der Waals surface area (Å²) in [6.45, 7) is 4.36. The molecule has 0 radical (unpaired) electrons. The van der Waals surface area contributed by atoms with E-state index in [0.29, 0.717) is 5.54 Å². The van der Waals surface area contributed by atoms with Gasteiger partial charge in [0.05, 0.1) is 13.2 Å². The maximum Gasteiger partial charge on any atom is 0.0623 e. The Hall–Kier alpha value is -0.0800. The lowest BCUT2D eigenvalue weighted by Crippen LogP contribution is -2.81. The Morgan fingerprint density at radius 3 is 2.30 bits per heavy atom. The molecule has 0 aliphatic carbocycles. The summed E-state index contributed by atoms with van der Waals surface area (Å²) in [5, 5.41) is 0. The van der Waals surface area contributed by atoms with Crippen LogP contribution in [0.1, 0.15) is 19.8 Å². The van der Waals surface area contributed by atoms with E-state index >= 15 is 0 Å². The molecule has 0 bridgehead atoms.